The third kappa shape index (κ3) is 1.61. The van der Waals surface area contributed by atoms with Crippen LogP contribution in [0, 0.1) is 18.8 Å². The van der Waals surface area contributed by atoms with Crippen molar-refractivity contribution in [3.8, 4) is 0 Å². The van der Waals surface area contributed by atoms with E-state index in [2.05, 4.69) is 5.18 Å². The highest BCUT2D eigenvalue weighted by molar-refractivity contribution is 6.28. The van der Waals surface area contributed by atoms with E-state index in [9.17, 15) is 14.5 Å². The van der Waals surface area contributed by atoms with Gasteiger partial charge in [0.15, 0.2) is 11.6 Å². The molecule has 20 heavy (non-hydrogen) atoms. The lowest BCUT2D eigenvalue weighted by molar-refractivity contribution is 0.0979. The van der Waals surface area contributed by atoms with E-state index < -0.39 is 0 Å². The van der Waals surface area contributed by atoms with Crippen molar-refractivity contribution in [1.29, 1.82) is 0 Å². The number of fused-ring (bicyclic) bond motifs is 2. The van der Waals surface area contributed by atoms with E-state index in [0.29, 0.717) is 16.7 Å². The second kappa shape index (κ2) is 4.20. The Morgan fingerprint density at radius 2 is 1.25 bits per heavy atom. The van der Waals surface area contributed by atoms with Gasteiger partial charge in [0.2, 0.25) is 0 Å². The topological polar surface area (TPSA) is 63.6 Å². The first kappa shape index (κ1) is 12.4. The third-order valence-electron chi connectivity index (χ3n) is 3.72. The quantitative estimate of drug-likeness (QED) is 0.633. The van der Waals surface area contributed by atoms with E-state index >= 15 is 0 Å². The summed E-state index contributed by atoms with van der Waals surface area (Å²) < 4.78 is 0. The molecule has 0 aliphatic heterocycles. The van der Waals surface area contributed by atoms with E-state index in [1.807, 2.05) is 13.8 Å². The maximum atomic E-state index is 12.5. The number of hydrogen-bond donors (Lipinski definition) is 0. The number of carbonyl (C=O) groups excluding carboxylic acids is 2. The standard InChI is InChI=1S/C16H11NO3/c1-8-5-12-13(6-9(8)2)16(19)14-7-10(17-20)3-4-11(14)15(12)18/h3-7H,1-2H3. The molecule has 0 aromatic heterocycles. The van der Waals surface area contributed by atoms with Gasteiger partial charge in [0.05, 0.1) is 0 Å². The molecule has 0 bridgehead atoms. The summed E-state index contributed by atoms with van der Waals surface area (Å²) in [7, 11) is 0. The molecule has 4 nitrogen and oxygen atoms in total. The first-order valence-corrected chi connectivity index (χ1v) is 6.21. The van der Waals surface area contributed by atoms with E-state index in [-0.39, 0.29) is 22.8 Å². The Hall–Kier alpha value is -2.62. The Labute approximate surface area is 115 Å². The zero-order valence-corrected chi connectivity index (χ0v) is 11.1. The Kier molecular flexibility index (Phi) is 2.61. The van der Waals surface area contributed by atoms with Crippen molar-refractivity contribution in [1.82, 2.24) is 0 Å². The fraction of sp³-hybridized carbons (Fsp3) is 0.125. The zero-order valence-electron chi connectivity index (χ0n) is 11.1. The van der Waals surface area contributed by atoms with Crippen molar-refractivity contribution >= 4 is 17.3 Å². The van der Waals surface area contributed by atoms with Gasteiger partial charge in [0.25, 0.3) is 0 Å². The fourth-order valence-corrected chi connectivity index (χ4v) is 2.46. The second-order valence-electron chi connectivity index (χ2n) is 4.96. The number of carbonyl (C=O) groups is 2. The molecule has 0 fully saturated rings. The van der Waals surface area contributed by atoms with Crippen molar-refractivity contribution in [2.24, 2.45) is 5.18 Å². The minimum absolute atomic E-state index is 0.150. The molecule has 1 aliphatic rings. The summed E-state index contributed by atoms with van der Waals surface area (Å²) >= 11 is 0. The summed E-state index contributed by atoms with van der Waals surface area (Å²) in [5.41, 5.74) is 3.49. The van der Waals surface area contributed by atoms with Crippen LogP contribution in [0.15, 0.2) is 35.5 Å². The fourth-order valence-electron chi connectivity index (χ4n) is 2.46. The SMILES string of the molecule is Cc1cc2c(cc1C)C(=O)c1cc(N=O)ccc1C2=O. The lowest BCUT2D eigenvalue weighted by Gasteiger charge is -2.18. The van der Waals surface area contributed by atoms with Gasteiger partial charge in [-0.3, -0.25) is 9.59 Å². The molecule has 1 aliphatic carbocycles. The summed E-state index contributed by atoms with van der Waals surface area (Å²) in [6, 6.07) is 7.79. The summed E-state index contributed by atoms with van der Waals surface area (Å²) in [6.45, 7) is 3.80. The summed E-state index contributed by atoms with van der Waals surface area (Å²) in [4.78, 5) is 35.5. The minimum Gasteiger partial charge on any atom is -0.289 e. The van der Waals surface area contributed by atoms with Crippen LogP contribution in [0.3, 0.4) is 0 Å². The molecule has 0 spiro atoms. The highest BCUT2D eigenvalue weighted by atomic mass is 16.3. The number of rotatable bonds is 1. The van der Waals surface area contributed by atoms with Gasteiger partial charge in [-0.05, 0) is 60.5 Å². The van der Waals surface area contributed by atoms with E-state index in [4.69, 9.17) is 0 Å². The first-order valence-electron chi connectivity index (χ1n) is 6.21. The Bertz CT molecular complexity index is 791. The predicted octanol–water partition coefficient (Wildman–Crippen LogP) is 3.48. The zero-order chi connectivity index (χ0) is 14.4. The van der Waals surface area contributed by atoms with Gasteiger partial charge < -0.3 is 0 Å². The molecule has 0 saturated heterocycles. The van der Waals surface area contributed by atoms with Gasteiger partial charge >= 0.3 is 0 Å². The summed E-state index contributed by atoms with van der Waals surface area (Å²) in [5, 5.41) is 2.81. The largest absolute Gasteiger partial charge is 0.289 e. The summed E-state index contributed by atoms with van der Waals surface area (Å²) in [5.74, 6) is -0.418. The Morgan fingerprint density at radius 1 is 0.750 bits per heavy atom. The van der Waals surface area contributed by atoms with Gasteiger partial charge in [0.1, 0.15) is 5.69 Å². The highest BCUT2D eigenvalue weighted by Gasteiger charge is 2.30. The number of nitrogens with zero attached hydrogens (tertiary/aromatic N) is 1. The molecule has 0 atom stereocenters. The van der Waals surface area contributed by atoms with Crippen LogP contribution in [-0.2, 0) is 0 Å². The average Bonchev–Trinajstić information content (AvgIpc) is 2.46. The molecule has 0 N–H and O–H groups in total. The van der Waals surface area contributed by atoms with E-state index in [0.717, 1.165) is 11.1 Å². The van der Waals surface area contributed by atoms with Gasteiger partial charge in [-0.15, -0.1) is 4.91 Å². The van der Waals surface area contributed by atoms with E-state index in [1.54, 1.807) is 12.1 Å². The van der Waals surface area contributed by atoms with Crippen molar-refractivity contribution < 1.29 is 9.59 Å². The number of aryl methyl sites for hydroxylation is 2. The molecule has 2 aromatic rings. The van der Waals surface area contributed by atoms with Crippen LogP contribution < -0.4 is 0 Å². The molecule has 4 heteroatoms. The number of ketones is 2. The van der Waals surface area contributed by atoms with Gasteiger partial charge in [0, 0.05) is 22.3 Å². The van der Waals surface area contributed by atoms with Gasteiger partial charge in [-0.2, -0.15) is 0 Å². The normalized spacial score (nSPS) is 12.9. The van der Waals surface area contributed by atoms with Crippen LogP contribution in [0.1, 0.15) is 43.0 Å². The van der Waals surface area contributed by atoms with Gasteiger partial charge in [-0.1, -0.05) is 0 Å². The van der Waals surface area contributed by atoms with Crippen LogP contribution in [0.25, 0.3) is 0 Å². The molecule has 0 saturated carbocycles. The maximum absolute atomic E-state index is 12.5. The van der Waals surface area contributed by atoms with Gasteiger partial charge in [-0.25, -0.2) is 0 Å². The predicted molar refractivity (Wildman–Crippen MR) is 74.7 cm³/mol. The minimum atomic E-state index is -0.233. The molecule has 3 rings (SSSR count). The van der Waals surface area contributed by atoms with Crippen LogP contribution >= 0.6 is 0 Å². The third-order valence-corrected chi connectivity index (χ3v) is 3.72. The van der Waals surface area contributed by atoms with E-state index in [1.165, 1.54) is 18.2 Å². The van der Waals surface area contributed by atoms with Crippen LogP contribution in [0.4, 0.5) is 5.69 Å². The second-order valence-corrected chi connectivity index (χ2v) is 4.96. The molecular weight excluding hydrogens is 254 g/mol. The summed E-state index contributed by atoms with van der Waals surface area (Å²) in [6.07, 6.45) is 0. The Morgan fingerprint density at radius 3 is 1.80 bits per heavy atom. The number of nitroso groups, excluding NO2 is 1. The monoisotopic (exact) mass is 265 g/mol. The van der Waals surface area contributed by atoms with Crippen molar-refractivity contribution in [3.63, 3.8) is 0 Å². The van der Waals surface area contributed by atoms with Crippen LogP contribution in [0.5, 0.6) is 0 Å². The lowest BCUT2D eigenvalue weighted by Crippen LogP contribution is -2.21. The smallest absolute Gasteiger partial charge is 0.194 e. The van der Waals surface area contributed by atoms with Crippen LogP contribution in [-0.4, -0.2) is 11.6 Å². The molecular formula is C16H11NO3. The molecule has 2 aromatic carbocycles. The molecule has 98 valence electrons. The lowest BCUT2D eigenvalue weighted by atomic mass is 9.82. The number of benzene rings is 2. The maximum Gasteiger partial charge on any atom is 0.194 e. The van der Waals surface area contributed by atoms with Crippen molar-refractivity contribution in [2.75, 3.05) is 0 Å². The van der Waals surface area contributed by atoms with Crippen molar-refractivity contribution in [3.05, 3.63) is 68.6 Å². The van der Waals surface area contributed by atoms with Crippen LogP contribution in [0.2, 0.25) is 0 Å². The average molecular weight is 265 g/mol. The molecule has 0 amide bonds. The van der Waals surface area contributed by atoms with Crippen molar-refractivity contribution in [2.45, 2.75) is 13.8 Å². The number of hydrogen-bond acceptors (Lipinski definition) is 4. The first-order chi connectivity index (χ1) is 9.52. The highest BCUT2D eigenvalue weighted by Crippen LogP contribution is 2.31. The Balaban J connectivity index is 2.30. The molecule has 0 radical (unpaired) electrons. The molecule has 0 unspecified atom stereocenters. The molecule has 0 heterocycles.